The standard InChI is InChI=1S/C17H27NO/c1-13(2)18-12-16-10-6-7-11-17(16)19-14(3)15-8-4-5-9-15/h6-7,10-11,13-15,18H,4-5,8-9,12H2,1-3H3. The summed E-state index contributed by atoms with van der Waals surface area (Å²) in [5.41, 5.74) is 1.26. The van der Waals surface area contributed by atoms with E-state index in [1.165, 1.54) is 31.2 Å². The third-order valence-electron chi connectivity index (χ3n) is 4.05. The minimum atomic E-state index is 0.336. The van der Waals surface area contributed by atoms with Gasteiger partial charge in [-0.3, -0.25) is 0 Å². The summed E-state index contributed by atoms with van der Waals surface area (Å²) >= 11 is 0. The van der Waals surface area contributed by atoms with E-state index in [4.69, 9.17) is 4.74 Å². The lowest BCUT2D eigenvalue weighted by atomic mass is 10.0. The first-order valence-corrected chi connectivity index (χ1v) is 7.64. The Hall–Kier alpha value is -1.02. The molecular formula is C17H27NO. The van der Waals surface area contributed by atoms with Crippen LogP contribution >= 0.6 is 0 Å². The summed E-state index contributed by atoms with van der Waals surface area (Å²) in [5, 5.41) is 3.46. The maximum atomic E-state index is 6.22. The van der Waals surface area contributed by atoms with Crippen molar-refractivity contribution >= 4 is 0 Å². The second-order valence-corrected chi connectivity index (χ2v) is 6.01. The molecule has 1 aliphatic carbocycles. The van der Waals surface area contributed by atoms with Crippen molar-refractivity contribution in [2.24, 2.45) is 5.92 Å². The van der Waals surface area contributed by atoms with Gasteiger partial charge in [-0.1, -0.05) is 44.9 Å². The van der Waals surface area contributed by atoms with Gasteiger partial charge in [-0.2, -0.15) is 0 Å². The van der Waals surface area contributed by atoms with E-state index in [0.29, 0.717) is 12.1 Å². The van der Waals surface area contributed by atoms with E-state index < -0.39 is 0 Å². The predicted octanol–water partition coefficient (Wildman–Crippen LogP) is 4.14. The van der Waals surface area contributed by atoms with Crippen molar-refractivity contribution in [3.8, 4) is 5.75 Å². The summed E-state index contributed by atoms with van der Waals surface area (Å²) in [6, 6.07) is 8.91. The molecular weight excluding hydrogens is 234 g/mol. The Morgan fingerprint density at radius 2 is 1.84 bits per heavy atom. The van der Waals surface area contributed by atoms with Crippen LogP contribution in [0.5, 0.6) is 5.75 Å². The smallest absolute Gasteiger partial charge is 0.124 e. The molecule has 1 saturated carbocycles. The van der Waals surface area contributed by atoms with Crippen molar-refractivity contribution in [3.05, 3.63) is 29.8 Å². The van der Waals surface area contributed by atoms with Gasteiger partial charge in [-0.15, -0.1) is 0 Å². The fourth-order valence-electron chi connectivity index (χ4n) is 2.80. The first kappa shape index (κ1) is 14.4. The molecule has 2 nitrogen and oxygen atoms in total. The Balaban J connectivity index is 1.98. The van der Waals surface area contributed by atoms with E-state index in [1.807, 2.05) is 0 Å². The lowest BCUT2D eigenvalue weighted by molar-refractivity contribution is 0.152. The van der Waals surface area contributed by atoms with Gasteiger partial charge >= 0.3 is 0 Å². The molecule has 0 bridgehead atoms. The van der Waals surface area contributed by atoms with Crippen molar-refractivity contribution in [2.45, 2.75) is 65.1 Å². The second-order valence-electron chi connectivity index (χ2n) is 6.01. The molecule has 0 heterocycles. The average Bonchev–Trinajstić information content (AvgIpc) is 2.91. The van der Waals surface area contributed by atoms with E-state index in [2.05, 4.69) is 50.4 Å². The largest absolute Gasteiger partial charge is 0.490 e. The van der Waals surface area contributed by atoms with Crippen molar-refractivity contribution < 1.29 is 4.74 Å². The molecule has 1 aliphatic rings. The monoisotopic (exact) mass is 261 g/mol. The number of benzene rings is 1. The van der Waals surface area contributed by atoms with E-state index >= 15 is 0 Å². The van der Waals surface area contributed by atoms with E-state index in [-0.39, 0.29) is 0 Å². The van der Waals surface area contributed by atoms with Crippen LogP contribution in [0.25, 0.3) is 0 Å². The fourth-order valence-corrected chi connectivity index (χ4v) is 2.80. The van der Waals surface area contributed by atoms with Gasteiger partial charge in [-0.25, -0.2) is 0 Å². The predicted molar refractivity (Wildman–Crippen MR) is 80.5 cm³/mol. The van der Waals surface area contributed by atoms with E-state index in [1.54, 1.807) is 0 Å². The summed E-state index contributed by atoms with van der Waals surface area (Å²) in [6.45, 7) is 7.45. The Labute approximate surface area is 117 Å². The molecule has 0 aliphatic heterocycles. The Morgan fingerprint density at radius 3 is 2.53 bits per heavy atom. The van der Waals surface area contributed by atoms with Crippen molar-refractivity contribution in [1.82, 2.24) is 5.32 Å². The minimum absolute atomic E-state index is 0.336. The first-order valence-electron chi connectivity index (χ1n) is 7.64. The highest BCUT2D eigenvalue weighted by atomic mass is 16.5. The molecule has 0 aromatic heterocycles. The van der Waals surface area contributed by atoms with Crippen molar-refractivity contribution in [2.75, 3.05) is 0 Å². The summed E-state index contributed by atoms with van der Waals surface area (Å²) in [6.07, 6.45) is 5.73. The number of para-hydroxylation sites is 1. The van der Waals surface area contributed by atoms with Crippen LogP contribution in [0.2, 0.25) is 0 Å². The van der Waals surface area contributed by atoms with Crippen LogP contribution in [0.1, 0.15) is 52.0 Å². The van der Waals surface area contributed by atoms with Crippen molar-refractivity contribution in [3.63, 3.8) is 0 Å². The zero-order valence-electron chi connectivity index (χ0n) is 12.5. The Kier molecular flexibility index (Phi) is 5.26. The zero-order valence-corrected chi connectivity index (χ0v) is 12.5. The van der Waals surface area contributed by atoms with E-state index in [0.717, 1.165) is 18.2 Å². The maximum absolute atomic E-state index is 6.22. The van der Waals surface area contributed by atoms with Crippen LogP contribution in [-0.4, -0.2) is 12.1 Å². The SMILES string of the molecule is CC(C)NCc1ccccc1OC(C)C1CCCC1. The van der Waals surface area contributed by atoms with Gasteiger partial charge in [0.15, 0.2) is 0 Å². The molecule has 1 aromatic carbocycles. The van der Waals surface area contributed by atoms with Crippen LogP contribution in [0, 0.1) is 5.92 Å². The van der Waals surface area contributed by atoms with Crippen molar-refractivity contribution in [1.29, 1.82) is 0 Å². The molecule has 106 valence electrons. The molecule has 0 spiro atoms. The summed E-state index contributed by atoms with van der Waals surface area (Å²) in [7, 11) is 0. The van der Waals surface area contributed by atoms with Gasteiger partial charge in [0.2, 0.25) is 0 Å². The summed E-state index contributed by atoms with van der Waals surface area (Å²) < 4.78 is 6.22. The Bertz CT molecular complexity index is 383. The van der Waals surface area contributed by atoms with Crippen LogP contribution in [-0.2, 0) is 6.54 Å². The fraction of sp³-hybridized carbons (Fsp3) is 0.647. The highest BCUT2D eigenvalue weighted by molar-refractivity contribution is 5.33. The van der Waals surface area contributed by atoms with Gasteiger partial charge in [0, 0.05) is 18.2 Å². The number of hydrogen-bond acceptors (Lipinski definition) is 2. The molecule has 0 radical (unpaired) electrons. The number of hydrogen-bond donors (Lipinski definition) is 1. The van der Waals surface area contributed by atoms with Crippen LogP contribution in [0.4, 0.5) is 0 Å². The highest BCUT2D eigenvalue weighted by Gasteiger charge is 2.23. The lowest BCUT2D eigenvalue weighted by Crippen LogP contribution is -2.24. The highest BCUT2D eigenvalue weighted by Crippen LogP contribution is 2.31. The molecule has 1 unspecified atom stereocenters. The third-order valence-corrected chi connectivity index (χ3v) is 4.05. The van der Waals surface area contributed by atoms with E-state index in [9.17, 15) is 0 Å². The number of rotatable bonds is 6. The molecule has 0 amide bonds. The first-order chi connectivity index (χ1) is 9.16. The maximum Gasteiger partial charge on any atom is 0.124 e. The van der Waals surface area contributed by atoms with Crippen LogP contribution in [0.3, 0.4) is 0 Å². The topological polar surface area (TPSA) is 21.3 Å². The molecule has 2 heteroatoms. The zero-order chi connectivity index (χ0) is 13.7. The summed E-state index contributed by atoms with van der Waals surface area (Å²) in [5.74, 6) is 1.79. The molecule has 1 aromatic rings. The normalized spacial score (nSPS) is 17.9. The Morgan fingerprint density at radius 1 is 1.16 bits per heavy atom. The molecule has 2 rings (SSSR count). The minimum Gasteiger partial charge on any atom is -0.490 e. The van der Waals surface area contributed by atoms with Crippen LogP contribution in [0.15, 0.2) is 24.3 Å². The molecule has 1 N–H and O–H groups in total. The van der Waals surface area contributed by atoms with Gasteiger partial charge in [0.25, 0.3) is 0 Å². The van der Waals surface area contributed by atoms with Gasteiger partial charge < -0.3 is 10.1 Å². The number of nitrogens with one attached hydrogen (secondary N) is 1. The van der Waals surface area contributed by atoms with Gasteiger partial charge in [0.05, 0.1) is 6.10 Å². The third kappa shape index (κ3) is 4.24. The molecule has 19 heavy (non-hydrogen) atoms. The average molecular weight is 261 g/mol. The summed E-state index contributed by atoms with van der Waals surface area (Å²) in [4.78, 5) is 0. The molecule has 0 saturated heterocycles. The molecule has 1 fully saturated rings. The van der Waals surface area contributed by atoms with Gasteiger partial charge in [0.1, 0.15) is 5.75 Å². The molecule has 1 atom stereocenters. The van der Waals surface area contributed by atoms with Gasteiger partial charge in [-0.05, 0) is 31.7 Å². The lowest BCUT2D eigenvalue weighted by Gasteiger charge is -2.22. The quantitative estimate of drug-likeness (QED) is 0.831. The second kappa shape index (κ2) is 6.95. The number of ether oxygens (including phenoxy) is 1. The van der Waals surface area contributed by atoms with Crippen LogP contribution < -0.4 is 10.1 Å².